The van der Waals surface area contributed by atoms with E-state index in [1.165, 1.54) is 36.0 Å². The zero-order chi connectivity index (χ0) is 30.6. The van der Waals surface area contributed by atoms with Crippen molar-refractivity contribution in [2.24, 2.45) is 0 Å². The van der Waals surface area contributed by atoms with E-state index in [0.717, 1.165) is 16.8 Å². The summed E-state index contributed by atoms with van der Waals surface area (Å²) in [5, 5.41) is 11.2. The maximum Gasteiger partial charge on any atom is 0.337 e. The number of aromatic nitrogens is 3. The maximum atomic E-state index is 13.5. The highest BCUT2D eigenvalue weighted by molar-refractivity contribution is 7.99. The van der Waals surface area contributed by atoms with Crippen molar-refractivity contribution in [1.82, 2.24) is 15.0 Å². The summed E-state index contributed by atoms with van der Waals surface area (Å²) in [6, 6.07) is 15.3. The summed E-state index contributed by atoms with van der Waals surface area (Å²) >= 11 is 1.43. The Kier molecular flexibility index (Phi) is 9.01. The third-order valence-corrected chi connectivity index (χ3v) is 7.03. The van der Waals surface area contributed by atoms with Gasteiger partial charge < -0.3 is 19.5 Å². The Balaban J connectivity index is 1.64. The Morgan fingerprint density at radius 3 is 2.31 bits per heavy atom. The molecule has 0 bridgehead atoms. The van der Waals surface area contributed by atoms with Crippen LogP contribution < -0.4 is 14.8 Å². The number of rotatable bonds is 9. The van der Waals surface area contributed by atoms with Crippen molar-refractivity contribution >= 4 is 41.0 Å². The molecule has 3 aromatic carbocycles. The van der Waals surface area contributed by atoms with Crippen molar-refractivity contribution in [2.45, 2.75) is 33.1 Å². The lowest BCUT2D eigenvalue weighted by Crippen LogP contribution is -2.17. The number of amides is 1. The lowest BCUT2D eigenvalue weighted by atomic mass is 9.86. The molecule has 0 aliphatic heterocycles. The number of methoxy groups -OCH3 is 2. The molecule has 4 aromatic rings. The molecule has 42 heavy (non-hydrogen) atoms. The number of hydrogen-bond acceptors (Lipinski definition) is 9. The van der Waals surface area contributed by atoms with Crippen molar-refractivity contribution < 1.29 is 23.9 Å². The molecule has 1 amide bonds. The number of hydrogen-bond donors (Lipinski definition) is 2. The number of nitrogens with one attached hydrogen (secondary N) is 2. The number of nitrogens with zero attached hydrogens (tertiary/aromatic N) is 3. The lowest BCUT2D eigenvalue weighted by Gasteiger charge is -2.24. The van der Waals surface area contributed by atoms with Crippen molar-refractivity contribution in [3.05, 3.63) is 94.3 Å². The van der Waals surface area contributed by atoms with Crippen LogP contribution >= 0.6 is 11.9 Å². The first-order valence-corrected chi connectivity index (χ1v) is 14.3. The Morgan fingerprint density at radius 1 is 0.929 bits per heavy atom. The van der Waals surface area contributed by atoms with E-state index < -0.39 is 11.8 Å². The second-order valence-electron chi connectivity index (χ2n) is 10.6. The summed E-state index contributed by atoms with van der Waals surface area (Å²) in [7, 11) is 2.84. The highest BCUT2D eigenvalue weighted by Crippen LogP contribution is 2.39. The normalized spacial score (nSPS) is 11.1. The van der Waals surface area contributed by atoms with E-state index in [4.69, 9.17) is 9.47 Å². The first kappa shape index (κ1) is 30.3. The number of anilines is 2. The van der Waals surface area contributed by atoms with Crippen LogP contribution in [-0.2, 0) is 10.2 Å². The molecule has 0 fully saturated rings. The summed E-state index contributed by atoms with van der Waals surface area (Å²) in [5.41, 5.74) is 4.56. The van der Waals surface area contributed by atoms with Gasteiger partial charge in [0.25, 0.3) is 5.91 Å². The second-order valence-corrected chi connectivity index (χ2v) is 11.2. The molecule has 0 unspecified atom stereocenters. The van der Waals surface area contributed by atoms with E-state index >= 15 is 0 Å². The monoisotopic (exact) mass is 587 g/mol. The number of ether oxygens (including phenoxy) is 2. The quantitative estimate of drug-likeness (QED) is 0.141. The third-order valence-electron chi connectivity index (χ3n) is 6.61. The molecule has 0 aliphatic carbocycles. The average Bonchev–Trinajstić information content (AvgIpc) is 3.46. The van der Waals surface area contributed by atoms with Crippen molar-refractivity contribution in [2.75, 3.05) is 30.5 Å². The molecule has 1 aromatic heterocycles. The standard InChI is InChI=1S/C31H33N5O5S/c1-18-11-12-20(29(38)32-23-15-22(31(2,3)4)16-24(34-42-7)28(23)40-5)14-26(18)36-17-25(33-35-36)27(37)19-9-8-10-21(13-19)30(39)41-6/h8-17,34H,1-7H3,(H,32,38). The molecule has 0 aliphatic rings. The summed E-state index contributed by atoms with van der Waals surface area (Å²) in [6.45, 7) is 8.17. The molecule has 4 rings (SSSR count). The van der Waals surface area contributed by atoms with E-state index in [2.05, 4.69) is 41.1 Å². The van der Waals surface area contributed by atoms with Crippen molar-refractivity contribution in [1.29, 1.82) is 0 Å². The number of ketones is 1. The van der Waals surface area contributed by atoms with Crippen LogP contribution in [-0.4, -0.2) is 53.1 Å². The van der Waals surface area contributed by atoms with Gasteiger partial charge in [0.1, 0.15) is 0 Å². The van der Waals surface area contributed by atoms with Crippen LogP contribution in [0.2, 0.25) is 0 Å². The highest BCUT2D eigenvalue weighted by atomic mass is 32.2. The van der Waals surface area contributed by atoms with Gasteiger partial charge in [-0.2, -0.15) is 0 Å². The Hall–Kier alpha value is -4.64. The van der Waals surface area contributed by atoms with Gasteiger partial charge in [-0.3, -0.25) is 9.59 Å². The number of benzene rings is 3. The van der Waals surface area contributed by atoms with Crippen LogP contribution in [0.15, 0.2) is 60.8 Å². The van der Waals surface area contributed by atoms with E-state index in [0.29, 0.717) is 22.7 Å². The van der Waals surface area contributed by atoms with E-state index in [1.807, 2.05) is 25.3 Å². The molecular weight excluding hydrogens is 554 g/mol. The summed E-state index contributed by atoms with van der Waals surface area (Å²) in [4.78, 5) is 38.5. The van der Waals surface area contributed by atoms with E-state index in [1.54, 1.807) is 43.5 Å². The summed E-state index contributed by atoms with van der Waals surface area (Å²) < 4.78 is 15.1. The zero-order valence-corrected chi connectivity index (χ0v) is 25.4. The fourth-order valence-corrected chi connectivity index (χ4v) is 4.66. The Morgan fingerprint density at radius 2 is 1.64 bits per heavy atom. The van der Waals surface area contributed by atoms with E-state index in [9.17, 15) is 14.4 Å². The topological polar surface area (TPSA) is 124 Å². The lowest BCUT2D eigenvalue weighted by molar-refractivity contribution is 0.0600. The maximum absolute atomic E-state index is 13.5. The van der Waals surface area contributed by atoms with Crippen LogP contribution in [0.4, 0.5) is 11.4 Å². The van der Waals surface area contributed by atoms with Crippen LogP contribution in [0.25, 0.3) is 5.69 Å². The predicted octanol–water partition coefficient (Wildman–Crippen LogP) is 5.84. The minimum Gasteiger partial charge on any atom is -0.492 e. The van der Waals surface area contributed by atoms with Gasteiger partial charge >= 0.3 is 5.97 Å². The molecule has 10 nitrogen and oxygen atoms in total. The minimum absolute atomic E-state index is 0.0869. The molecule has 0 atom stereocenters. The number of esters is 1. The molecule has 11 heteroatoms. The van der Waals surface area contributed by atoms with Gasteiger partial charge in [0.05, 0.1) is 43.0 Å². The number of carbonyl (C=O) groups is 3. The molecule has 0 spiro atoms. The van der Waals surface area contributed by atoms with Gasteiger partial charge in [-0.05, 0) is 59.9 Å². The first-order valence-electron chi connectivity index (χ1n) is 13.1. The SMILES string of the molecule is COC(=O)c1cccc(C(=O)c2cn(-c3cc(C(=O)Nc4cc(C(C)(C)C)cc(NSC)c4OC)ccc3C)nn2)c1. The van der Waals surface area contributed by atoms with Gasteiger partial charge in [-0.15, -0.1) is 5.10 Å². The smallest absolute Gasteiger partial charge is 0.337 e. The van der Waals surface area contributed by atoms with Gasteiger partial charge in [0.2, 0.25) is 5.78 Å². The Labute approximate surface area is 248 Å². The third kappa shape index (κ3) is 6.46. The number of carbonyl (C=O) groups excluding carboxylic acids is 3. The molecule has 0 saturated carbocycles. The van der Waals surface area contributed by atoms with Crippen LogP contribution in [0, 0.1) is 6.92 Å². The van der Waals surface area contributed by atoms with Crippen molar-refractivity contribution in [3.8, 4) is 11.4 Å². The fourth-order valence-electron chi connectivity index (χ4n) is 4.29. The highest BCUT2D eigenvalue weighted by Gasteiger charge is 2.22. The fraction of sp³-hybridized carbons (Fsp3) is 0.258. The summed E-state index contributed by atoms with van der Waals surface area (Å²) in [5.74, 6) is -0.766. The van der Waals surface area contributed by atoms with Crippen molar-refractivity contribution in [3.63, 3.8) is 0 Å². The van der Waals surface area contributed by atoms with Gasteiger partial charge in [-0.25, -0.2) is 9.48 Å². The van der Waals surface area contributed by atoms with Crippen LogP contribution in [0.3, 0.4) is 0 Å². The molecular formula is C31H33N5O5S. The number of aryl methyl sites for hydroxylation is 1. The predicted molar refractivity (Wildman–Crippen MR) is 164 cm³/mol. The van der Waals surface area contributed by atoms with E-state index in [-0.39, 0.29) is 28.1 Å². The minimum atomic E-state index is -0.543. The van der Waals surface area contributed by atoms with Crippen LogP contribution in [0.1, 0.15) is 68.7 Å². The zero-order valence-electron chi connectivity index (χ0n) is 24.6. The molecule has 2 N–H and O–H groups in total. The largest absolute Gasteiger partial charge is 0.492 e. The van der Waals surface area contributed by atoms with Gasteiger partial charge in [-0.1, -0.05) is 56.1 Å². The second kappa shape index (κ2) is 12.5. The Bertz CT molecular complexity index is 1660. The van der Waals surface area contributed by atoms with Gasteiger partial charge in [0, 0.05) is 17.4 Å². The molecule has 0 radical (unpaired) electrons. The summed E-state index contributed by atoms with van der Waals surface area (Å²) in [6.07, 6.45) is 3.41. The molecule has 0 saturated heterocycles. The molecule has 1 heterocycles. The van der Waals surface area contributed by atoms with Crippen LogP contribution in [0.5, 0.6) is 5.75 Å². The van der Waals surface area contributed by atoms with Gasteiger partial charge in [0.15, 0.2) is 11.4 Å². The first-order chi connectivity index (χ1) is 20.0. The average molecular weight is 588 g/mol. The molecule has 218 valence electrons.